The van der Waals surface area contributed by atoms with Gasteiger partial charge in [-0.3, -0.25) is 0 Å². The number of nitrogens with two attached hydrogens (primary N) is 1. The molecular formula is C9H15N3OS. The van der Waals surface area contributed by atoms with Crippen LogP contribution in [0.4, 0.5) is 10.1 Å². The van der Waals surface area contributed by atoms with E-state index in [0.717, 1.165) is 36.1 Å². The van der Waals surface area contributed by atoms with Gasteiger partial charge in [-0.05, 0) is 18.8 Å². The van der Waals surface area contributed by atoms with Crippen molar-refractivity contribution in [2.24, 2.45) is 5.92 Å². The summed E-state index contributed by atoms with van der Waals surface area (Å²) in [5, 5.41) is 10.8. The lowest BCUT2D eigenvalue weighted by Crippen LogP contribution is -2.36. The van der Waals surface area contributed by atoms with Gasteiger partial charge in [0.15, 0.2) is 5.13 Å². The van der Waals surface area contributed by atoms with E-state index in [-0.39, 0.29) is 6.61 Å². The molecular weight excluding hydrogens is 198 g/mol. The van der Waals surface area contributed by atoms with E-state index >= 15 is 0 Å². The van der Waals surface area contributed by atoms with Crippen LogP contribution in [0, 0.1) is 5.92 Å². The maximum Gasteiger partial charge on any atom is 0.187 e. The maximum atomic E-state index is 9.09. The minimum Gasteiger partial charge on any atom is -0.396 e. The number of anilines is 2. The molecule has 78 valence electrons. The zero-order chi connectivity index (χ0) is 9.97. The molecule has 1 unspecified atom stereocenters. The van der Waals surface area contributed by atoms with Crippen LogP contribution in [-0.2, 0) is 0 Å². The van der Waals surface area contributed by atoms with Gasteiger partial charge in [0.1, 0.15) is 5.00 Å². The second-order valence-corrected chi connectivity index (χ2v) is 4.72. The Morgan fingerprint density at radius 2 is 2.57 bits per heavy atom. The number of nitrogen functional groups attached to an aromatic ring is 1. The predicted octanol–water partition coefficient (Wildman–Crippen LogP) is 0.934. The summed E-state index contributed by atoms with van der Waals surface area (Å²) < 4.78 is 0. The van der Waals surface area contributed by atoms with E-state index in [0.29, 0.717) is 5.92 Å². The topological polar surface area (TPSA) is 62.4 Å². The average molecular weight is 213 g/mol. The molecule has 1 atom stereocenters. The first kappa shape index (κ1) is 9.73. The minimum absolute atomic E-state index is 0.275. The van der Waals surface area contributed by atoms with E-state index in [1.807, 2.05) is 0 Å². The summed E-state index contributed by atoms with van der Waals surface area (Å²) in [6.45, 7) is 2.21. The lowest BCUT2D eigenvalue weighted by molar-refractivity contribution is 0.208. The summed E-state index contributed by atoms with van der Waals surface area (Å²) in [6, 6.07) is 0. The van der Waals surface area contributed by atoms with Gasteiger partial charge in [-0.25, -0.2) is 4.98 Å². The summed E-state index contributed by atoms with van der Waals surface area (Å²) in [4.78, 5) is 6.46. The van der Waals surface area contributed by atoms with Crippen LogP contribution in [0.25, 0.3) is 0 Å². The molecule has 2 heterocycles. The van der Waals surface area contributed by atoms with Gasteiger partial charge in [0.25, 0.3) is 0 Å². The molecule has 3 N–H and O–H groups in total. The molecule has 1 aliphatic rings. The lowest BCUT2D eigenvalue weighted by Gasteiger charge is -2.31. The third kappa shape index (κ3) is 1.99. The van der Waals surface area contributed by atoms with Crippen molar-refractivity contribution in [3.63, 3.8) is 0 Å². The molecule has 0 aliphatic carbocycles. The van der Waals surface area contributed by atoms with Gasteiger partial charge in [-0.15, -0.1) is 0 Å². The predicted molar refractivity (Wildman–Crippen MR) is 58.5 cm³/mol. The van der Waals surface area contributed by atoms with Crippen LogP contribution >= 0.6 is 11.3 Å². The monoisotopic (exact) mass is 213 g/mol. The molecule has 0 saturated carbocycles. The van der Waals surface area contributed by atoms with E-state index in [1.165, 1.54) is 11.3 Å². The van der Waals surface area contributed by atoms with Crippen LogP contribution in [0.1, 0.15) is 12.8 Å². The smallest absolute Gasteiger partial charge is 0.187 e. The van der Waals surface area contributed by atoms with Crippen LogP contribution in [0.3, 0.4) is 0 Å². The van der Waals surface area contributed by atoms with Crippen molar-refractivity contribution in [3.05, 3.63) is 6.20 Å². The summed E-state index contributed by atoms with van der Waals surface area (Å²) in [5.41, 5.74) is 5.63. The molecule has 0 radical (unpaired) electrons. The van der Waals surface area contributed by atoms with Crippen LogP contribution in [-0.4, -0.2) is 29.8 Å². The first-order valence-corrected chi connectivity index (χ1v) is 5.68. The van der Waals surface area contributed by atoms with E-state index in [9.17, 15) is 0 Å². The number of hydrogen-bond donors (Lipinski definition) is 2. The van der Waals surface area contributed by atoms with Crippen LogP contribution in [0.2, 0.25) is 0 Å². The van der Waals surface area contributed by atoms with Gasteiger partial charge in [-0.1, -0.05) is 11.3 Å². The highest BCUT2D eigenvalue weighted by atomic mass is 32.1. The SMILES string of the molecule is Nc1cnc(N2CCCC(CO)C2)s1. The second-order valence-electron chi connectivity index (χ2n) is 3.68. The molecule has 1 aromatic heterocycles. The molecule has 2 rings (SSSR count). The van der Waals surface area contributed by atoms with Crippen molar-refractivity contribution in [3.8, 4) is 0 Å². The van der Waals surface area contributed by atoms with Crippen LogP contribution < -0.4 is 10.6 Å². The fourth-order valence-corrected chi connectivity index (χ4v) is 2.53. The van der Waals surface area contributed by atoms with Gasteiger partial charge in [-0.2, -0.15) is 0 Å². The highest BCUT2D eigenvalue weighted by molar-refractivity contribution is 7.19. The fourth-order valence-electron chi connectivity index (χ4n) is 1.81. The molecule has 4 nitrogen and oxygen atoms in total. The normalized spacial score (nSPS) is 22.6. The molecule has 1 aromatic rings. The molecule has 1 aliphatic heterocycles. The molecule has 1 saturated heterocycles. The maximum absolute atomic E-state index is 9.09. The zero-order valence-corrected chi connectivity index (χ0v) is 8.83. The number of hydrogen-bond acceptors (Lipinski definition) is 5. The van der Waals surface area contributed by atoms with Crippen molar-refractivity contribution in [2.75, 3.05) is 30.3 Å². The number of aliphatic hydroxyl groups is 1. The Labute approximate surface area is 87.4 Å². The summed E-state index contributed by atoms with van der Waals surface area (Å²) >= 11 is 1.52. The summed E-state index contributed by atoms with van der Waals surface area (Å²) in [7, 11) is 0. The van der Waals surface area contributed by atoms with E-state index < -0.39 is 0 Å². The Hall–Kier alpha value is -0.810. The number of thiazole rings is 1. The molecule has 0 bridgehead atoms. The third-order valence-electron chi connectivity index (χ3n) is 2.56. The van der Waals surface area contributed by atoms with Crippen molar-refractivity contribution in [1.82, 2.24) is 4.98 Å². The number of rotatable bonds is 2. The fraction of sp³-hybridized carbons (Fsp3) is 0.667. The molecule has 1 fully saturated rings. The highest BCUT2D eigenvalue weighted by Crippen LogP contribution is 2.28. The highest BCUT2D eigenvalue weighted by Gasteiger charge is 2.20. The van der Waals surface area contributed by atoms with E-state index in [1.54, 1.807) is 6.20 Å². The minimum atomic E-state index is 0.275. The molecule has 0 amide bonds. The molecule has 5 heteroatoms. The third-order valence-corrected chi connectivity index (χ3v) is 3.45. The molecule has 0 spiro atoms. The Kier molecular flexibility index (Phi) is 2.88. The van der Waals surface area contributed by atoms with Crippen LogP contribution in [0.15, 0.2) is 6.20 Å². The largest absolute Gasteiger partial charge is 0.396 e. The number of aromatic nitrogens is 1. The van der Waals surface area contributed by atoms with Crippen molar-refractivity contribution in [2.45, 2.75) is 12.8 Å². The number of piperidine rings is 1. The average Bonchev–Trinajstić information content (AvgIpc) is 2.65. The first-order valence-electron chi connectivity index (χ1n) is 4.86. The molecule has 14 heavy (non-hydrogen) atoms. The van der Waals surface area contributed by atoms with E-state index in [4.69, 9.17) is 10.8 Å². The Balaban J connectivity index is 2.04. The summed E-state index contributed by atoms with van der Waals surface area (Å²) in [5.74, 6) is 0.397. The van der Waals surface area contributed by atoms with E-state index in [2.05, 4.69) is 9.88 Å². The first-order chi connectivity index (χ1) is 6.79. The Morgan fingerprint density at radius 1 is 1.71 bits per heavy atom. The number of nitrogens with zero attached hydrogens (tertiary/aromatic N) is 2. The van der Waals surface area contributed by atoms with Crippen molar-refractivity contribution in [1.29, 1.82) is 0 Å². The van der Waals surface area contributed by atoms with Gasteiger partial charge in [0.2, 0.25) is 0 Å². The Bertz CT molecular complexity index is 302. The Morgan fingerprint density at radius 3 is 3.21 bits per heavy atom. The van der Waals surface area contributed by atoms with Crippen molar-refractivity contribution < 1.29 is 5.11 Å². The van der Waals surface area contributed by atoms with Gasteiger partial charge >= 0.3 is 0 Å². The van der Waals surface area contributed by atoms with Crippen molar-refractivity contribution >= 4 is 21.5 Å². The van der Waals surface area contributed by atoms with Gasteiger partial charge in [0.05, 0.1) is 6.20 Å². The number of aliphatic hydroxyl groups excluding tert-OH is 1. The molecule has 0 aromatic carbocycles. The van der Waals surface area contributed by atoms with Gasteiger partial charge in [0, 0.05) is 19.7 Å². The quantitative estimate of drug-likeness (QED) is 0.767. The summed E-state index contributed by atoms with van der Waals surface area (Å²) in [6.07, 6.45) is 3.95. The van der Waals surface area contributed by atoms with Crippen LogP contribution in [0.5, 0.6) is 0 Å². The van der Waals surface area contributed by atoms with Gasteiger partial charge < -0.3 is 15.7 Å². The second kappa shape index (κ2) is 4.14. The zero-order valence-electron chi connectivity index (χ0n) is 8.02. The lowest BCUT2D eigenvalue weighted by atomic mass is 10.00. The standard InChI is InChI=1S/C9H15N3OS/c10-8-4-11-9(14-8)12-3-1-2-7(5-12)6-13/h4,7,13H,1-3,5-6,10H2.